The fourth-order valence-corrected chi connectivity index (χ4v) is 1.72. The quantitative estimate of drug-likeness (QED) is 0.783. The van der Waals surface area contributed by atoms with Gasteiger partial charge in [-0.25, -0.2) is 9.97 Å². The minimum atomic E-state index is 0.751. The Morgan fingerprint density at radius 1 is 1.62 bits per heavy atom. The summed E-state index contributed by atoms with van der Waals surface area (Å²) >= 11 is 1.66. The Hall–Kier alpha value is -1.36. The molecule has 4 nitrogen and oxygen atoms in total. The molecule has 0 aliphatic heterocycles. The first kappa shape index (κ1) is 8.25. The van der Waals surface area contributed by atoms with Gasteiger partial charge in [0.1, 0.15) is 10.8 Å². The molecule has 5 heteroatoms. The highest BCUT2D eigenvalue weighted by Gasteiger charge is 1.98. The van der Waals surface area contributed by atoms with E-state index in [0.717, 1.165) is 23.1 Å². The van der Waals surface area contributed by atoms with Crippen molar-refractivity contribution in [1.29, 1.82) is 0 Å². The Balaban J connectivity index is 1.93. The van der Waals surface area contributed by atoms with E-state index in [1.54, 1.807) is 23.9 Å². The zero-order valence-electron chi connectivity index (χ0n) is 7.24. The maximum Gasteiger partial charge on any atom is 0.123 e. The minimum Gasteiger partial charge on any atom is -0.364 e. The van der Waals surface area contributed by atoms with Crippen molar-refractivity contribution in [2.75, 3.05) is 5.32 Å². The Morgan fingerprint density at radius 2 is 2.54 bits per heavy atom. The molecule has 0 aliphatic carbocycles. The number of aryl methyl sites for hydroxylation is 1. The predicted octanol–water partition coefficient (Wildman–Crippen LogP) is 1.79. The van der Waals surface area contributed by atoms with Crippen LogP contribution in [0, 0.1) is 6.92 Å². The summed E-state index contributed by atoms with van der Waals surface area (Å²) in [5.41, 5.74) is 1.08. The summed E-state index contributed by atoms with van der Waals surface area (Å²) in [6.07, 6.45) is 3.40. The third-order valence-electron chi connectivity index (χ3n) is 1.59. The van der Waals surface area contributed by atoms with Gasteiger partial charge >= 0.3 is 0 Å². The van der Waals surface area contributed by atoms with E-state index in [4.69, 9.17) is 0 Å². The molecule has 0 bridgehead atoms. The minimum absolute atomic E-state index is 0.751. The van der Waals surface area contributed by atoms with Crippen molar-refractivity contribution in [3.05, 3.63) is 28.6 Å². The smallest absolute Gasteiger partial charge is 0.123 e. The number of nitrogens with one attached hydrogen (secondary N) is 2. The van der Waals surface area contributed by atoms with E-state index in [2.05, 4.69) is 20.3 Å². The maximum absolute atomic E-state index is 4.33. The van der Waals surface area contributed by atoms with E-state index in [1.807, 2.05) is 12.3 Å². The monoisotopic (exact) mass is 194 g/mol. The fraction of sp³-hybridized carbons (Fsp3) is 0.250. The zero-order chi connectivity index (χ0) is 9.10. The van der Waals surface area contributed by atoms with Gasteiger partial charge in [0.2, 0.25) is 0 Å². The van der Waals surface area contributed by atoms with Gasteiger partial charge < -0.3 is 10.3 Å². The number of aromatic amines is 1. The van der Waals surface area contributed by atoms with E-state index in [0.29, 0.717) is 0 Å². The molecule has 0 atom stereocenters. The summed E-state index contributed by atoms with van der Waals surface area (Å²) in [5.74, 6) is 0.924. The van der Waals surface area contributed by atoms with Gasteiger partial charge in [0.05, 0.1) is 19.1 Å². The van der Waals surface area contributed by atoms with Gasteiger partial charge in [0.25, 0.3) is 0 Å². The highest BCUT2D eigenvalue weighted by Crippen LogP contribution is 2.10. The van der Waals surface area contributed by atoms with E-state index in [-0.39, 0.29) is 0 Å². The van der Waals surface area contributed by atoms with Crippen LogP contribution in [0.5, 0.6) is 0 Å². The van der Waals surface area contributed by atoms with Gasteiger partial charge in [-0.05, 0) is 6.92 Å². The van der Waals surface area contributed by atoms with Crippen LogP contribution in [0.4, 0.5) is 5.82 Å². The second-order valence-electron chi connectivity index (χ2n) is 2.70. The molecule has 0 saturated heterocycles. The van der Waals surface area contributed by atoms with Gasteiger partial charge in [-0.1, -0.05) is 0 Å². The third-order valence-corrected chi connectivity index (χ3v) is 2.56. The number of hydrogen-bond donors (Lipinski definition) is 2. The fourth-order valence-electron chi connectivity index (χ4n) is 1.01. The standard InChI is InChI=1S/C8H10N4S/c1-6-4-13-8(12-6)3-10-7-2-9-5-11-7/h2,4-5,10H,3H2,1H3,(H,9,11). The van der Waals surface area contributed by atoms with E-state index < -0.39 is 0 Å². The maximum atomic E-state index is 4.33. The summed E-state index contributed by atoms with van der Waals surface area (Å²) < 4.78 is 0. The predicted molar refractivity (Wildman–Crippen MR) is 52.8 cm³/mol. The lowest BCUT2D eigenvalue weighted by molar-refractivity contribution is 1.06. The summed E-state index contributed by atoms with van der Waals surface area (Å²) in [6, 6.07) is 0. The van der Waals surface area contributed by atoms with Crippen LogP contribution in [-0.2, 0) is 6.54 Å². The van der Waals surface area contributed by atoms with Crippen LogP contribution in [-0.4, -0.2) is 15.0 Å². The van der Waals surface area contributed by atoms with Crippen molar-refractivity contribution in [1.82, 2.24) is 15.0 Å². The van der Waals surface area contributed by atoms with Crippen molar-refractivity contribution in [2.24, 2.45) is 0 Å². The second kappa shape index (κ2) is 3.57. The number of rotatable bonds is 3. The first-order valence-electron chi connectivity index (χ1n) is 3.98. The molecule has 0 amide bonds. The van der Waals surface area contributed by atoms with Crippen molar-refractivity contribution in [3.8, 4) is 0 Å². The van der Waals surface area contributed by atoms with E-state index in [9.17, 15) is 0 Å². The average Bonchev–Trinajstić information content (AvgIpc) is 2.71. The Morgan fingerprint density at radius 3 is 3.15 bits per heavy atom. The van der Waals surface area contributed by atoms with Crippen LogP contribution in [0.15, 0.2) is 17.9 Å². The Kier molecular flexibility index (Phi) is 2.27. The number of imidazole rings is 1. The highest BCUT2D eigenvalue weighted by atomic mass is 32.1. The van der Waals surface area contributed by atoms with Gasteiger partial charge in [-0.2, -0.15) is 0 Å². The molecule has 2 aromatic rings. The topological polar surface area (TPSA) is 53.6 Å². The lowest BCUT2D eigenvalue weighted by atomic mass is 10.5. The molecule has 0 fully saturated rings. The largest absolute Gasteiger partial charge is 0.364 e. The molecule has 2 aromatic heterocycles. The molecule has 2 rings (SSSR count). The molecule has 0 aliphatic rings. The number of nitrogens with zero attached hydrogens (tertiary/aromatic N) is 2. The van der Waals surface area contributed by atoms with Crippen LogP contribution >= 0.6 is 11.3 Å². The molecular formula is C8H10N4S. The number of anilines is 1. The molecule has 2 N–H and O–H groups in total. The van der Waals surface area contributed by atoms with Gasteiger partial charge in [-0.15, -0.1) is 11.3 Å². The molecule has 0 radical (unpaired) electrons. The lowest BCUT2D eigenvalue weighted by Crippen LogP contribution is -1.98. The summed E-state index contributed by atoms with van der Waals surface area (Å²) in [6.45, 7) is 2.75. The highest BCUT2D eigenvalue weighted by molar-refractivity contribution is 7.09. The van der Waals surface area contributed by atoms with Crippen molar-refractivity contribution in [2.45, 2.75) is 13.5 Å². The van der Waals surface area contributed by atoms with Crippen molar-refractivity contribution < 1.29 is 0 Å². The van der Waals surface area contributed by atoms with Crippen LogP contribution in [0.3, 0.4) is 0 Å². The lowest BCUT2D eigenvalue weighted by Gasteiger charge is -1.98. The first-order valence-corrected chi connectivity index (χ1v) is 4.86. The second-order valence-corrected chi connectivity index (χ2v) is 3.64. The molecule has 68 valence electrons. The Labute approximate surface area is 80.1 Å². The van der Waals surface area contributed by atoms with Crippen LogP contribution in [0.2, 0.25) is 0 Å². The molecule has 0 aromatic carbocycles. The van der Waals surface area contributed by atoms with Crippen LogP contribution in [0.1, 0.15) is 10.7 Å². The van der Waals surface area contributed by atoms with Crippen molar-refractivity contribution in [3.63, 3.8) is 0 Å². The molecule has 0 saturated carbocycles. The molecule has 0 spiro atoms. The average molecular weight is 194 g/mol. The molecule has 0 unspecified atom stereocenters. The first-order chi connectivity index (χ1) is 6.34. The summed E-state index contributed by atoms with van der Waals surface area (Å²) in [7, 11) is 0. The van der Waals surface area contributed by atoms with Crippen molar-refractivity contribution >= 4 is 17.2 Å². The normalized spacial score (nSPS) is 10.2. The third kappa shape index (κ3) is 2.06. The Bertz CT molecular complexity index is 365. The number of hydrogen-bond acceptors (Lipinski definition) is 4. The van der Waals surface area contributed by atoms with Gasteiger partial charge in [0.15, 0.2) is 0 Å². The molecule has 2 heterocycles. The zero-order valence-corrected chi connectivity index (χ0v) is 8.06. The van der Waals surface area contributed by atoms with E-state index >= 15 is 0 Å². The van der Waals surface area contributed by atoms with Gasteiger partial charge in [0, 0.05) is 11.1 Å². The number of H-pyrrole nitrogens is 1. The van der Waals surface area contributed by atoms with E-state index in [1.165, 1.54) is 0 Å². The molecule has 13 heavy (non-hydrogen) atoms. The van der Waals surface area contributed by atoms with Crippen LogP contribution < -0.4 is 5.32 Å². The van der Waals surface area contributed by atoms with Gasteiger partial charge in [-0.3, -0.25) is 0 Å². The number of aromatic nitrogens is 3. The summed E-state index contributed by atoms with van der Waals surface area (Å²) in [4.78, 5) is 11.2. The summed E-state index contributed by atoms with van der Waals surface area (Å²) in [5, 5.41) is 6.32. The molecular weight excluding hydrogens is 184 g/mol. The number of thiazole rings is 1. The SMILES string of the molecule is Cc1csc(CNc2cnc[nH]2)n1. The van der Waals surface area contributed by atoms with Crippen LogP contribution in [0.25, 0.3) is 0 Å².